The van der Waals surface area contributed by atoms with Crippen molar-refractivity contribution in [3.8, 4) is 0 Å². The molecular weight excluding hydrogens is 217 g/mol. The van der Waals surface area contributed by atoms with Gasteiger partial charge in [0.05, 0.1) is 0 Å². The van der Waals surface area contributed by atoms with Gasteiger partial charge in [-0.05, 0) is 24.5 Å². The third kappa shape index (κ3) is 2.22. The fourth-order valence-electron chi connectivity index (χ4n) is 1.70. The van der Waals surface area contributed by atoms with Crippen molar-refractivity contribution in [2.45, 2.75) is 25.3 Å². The number of halogens is 2. The highest BCUT2D eigenvalue weighted by atomic mass is 35.5. The van der Waals surface area contributed by atoms with E-state index >= 15 is 0 Å². The standard InChI is InChI=1S/C11H13Cl2N/c12-8-2-1-3-9(13)11(8)10(14)6-7-4-5-7/h1-3,7,10H,4-6,14H2/t10-/m0/s1. The third-order valence-electron chi connectivity index (χ3n) is 2.65. The van der Waals surface area contributed by atoms with Crippen LogP contribution in [0.2, 0.25) is 10.0 Å². The Hall–Kier alpha value is -0.240. The first-order valence-corrected chi connectivity index (χ1v) is 5.63. The van der Waals surface area contributed by atoms with Crippen molar-refractivity contribution < 1.29 is 0 Å². The van der Waals surface area contributed by atoms with Gasteiger partial charge in [-0.15, -0.1) is 0 Å². The smallest absolute Gasteiger partial charge is 0.0468 e. The summed E-state index contributed by atoms with van der Waals surface area (Å²) in [6, 6.07) is 5.52. The predicted octanol–water partition coefficient (Wildman–Crippen LogP) is 3.79. The van der Waals surface area contributed by atoms with Crippen LogP contribution in [0.4, 0.5) is 0 Å². The second kappa shape index (κ2) is 4.09. The quantitative estimate of drug-likeness (QED) is 0.839. The summed E-state index contributed by atoms with van der Waals surface area (Å²) in [4.78, 5) is 0. The molecule has 0 radical (unpaired) electrons. The van der Waals surface area contributed by atoms with Crippen molar-refractivity contribution in [1.82, 2.24) is 0 Å². The van der Waals surface area contributed by atoms with Crippen LogP contribution in [0.25, 0.3) is 0 Å². The van der Waals surface area contributed by atoms with Gasteiger partial charge in [-0.25, -0.2) is 0 Å². The Labute approximate surface area is 94.2 Å². The average Bonchev–Trinajstić information content (AvgIpc) is 2.87. The van der Waals surface area contributed by atoms with Crippen LogP contribution < -0.4 is 5.73 Å². The van der Waals surface area contributed by atoms with Crippen LogP contribution in [0.1, 0.15) is 30.9 Å². The SMILES string of the molecule is N[C@@H](CC1CC1)c1c(Cl)cccc1Cl. The van der Waals surface area contributed by atoms with Crippen LogP contribution in [-0.4, -0.2) is 0 Å². The molecule has 1 fully saturated rings. The molecule has 0 bridgehead atoms. The van der Waals surface area contributed by atoms with Crippen LogP contribution >= 0.6 is 23.2 Å². The molecule has 1 aliphatic rings. The van der Waals surface area contributed by atoms with Crippen molar-refractivity contribution in [3.05, 3.63) is 33.8 Å². The lowest BCUT2D eigenvalue weighted by Crippen LogP contribution is -2.12. The molecule has 0 spiro atoms. The summed E-state index contributed by atoms with van der Waals surface area (Å²) in [5.41, 5.74) is 6.97. The molecule has 14 heavy (non-hydrogen) atoms. The van der Waals surface area contributed by atoms with Crippen molar-refractivity contribution in [2.75, 3.05) is 0 Å². The third-order valence-corrected chi connectivity index (χ3v) is 3.31. The van der Waals surface area contributed by atoms with Gasteiger partial charge in [0, 0.05) is 21.7 Å². The van der Waals surface area contributed by atoms with Crippen LogP contribution in [0, 0.1) is 5.92 Å². The van der Waals surface area contributed by atoms with Gasteiger partial charge in [0.2, 0.25) is 0 Å². The molecule has 2 N–H and O–H groups in total. The highest BCUT2D eigenvalue weighted by molar-refractivity contribution is 6.36. The van der Waals surface area contributed by atoms with E-state index in [4.69, 9.17) is 28.9 Å². The Morgan fingerprint density at radius 1 is 1.29 bits per heavy atom. The first kappa shape index (κ1) is 10.3. The molecule has 1 aromatic rings. The normalized spacial score (nSPS) is 18.2. The van der Waals surface area contributed by atoms with Crippen LogP contribution in [0.3, 0.4) is 0 Å². The number of hydrogen-bond donors (Lipinski definition) is 1. The maximum atomic E-state index is 6.07. The van der Waals surface area contributed by atoms with E-state index < -0.39 is 0 Å². The second-order valence-electron chi connectivity index (χ2n) is 3.92. The molecule has 1 aromatic carbocycles. The van der Waals surface area contributed by atoms with Gasteiger partial charge in [0.15, 0.2) is 0 Å². The Morgan fingerprint density at radius 3 is 2.36 bits per heavy atom. The molecule has 3 heteroatoms. The zero-order valence-electron chi connectivity index (χ0n) is 7.84. The van der Waals surface area contributed by atoms with Crippen LogP contribution in [0.15, 0.2) is 18.2 Å². The van der Waals surface area contributed by atoms with E-state index in [9.17, 15) is 0 Å². The zero-order valence-corrected chi connectivity index (χ0v) is 9.35. The maximum absolute atomic E-state index is 6.07. The van der Waals surface area contributed by atoms with Crippen molar-refractivity contribution in [1.29, 1.82) is 0 Å². The Balaban J connectivity index is 2.19. The number of benzene rings is 1. The number of nitrogens with two attached hydrogens (primary N) is 1. The van der Waals surface area contributed by atoms with E-state index in [-0.39, 0.29) is 6.04 Å². The minimum absolute atomic E-state index is 0.0105. The van der Waals surface area contributed by atoms with Crippen LogP contribution in [-0.2, 0) is 0 Å². The first-order chi connectivity index (χ1) is 6.68. The summed E-state index contributed by atoms with van der Waals surface area (Å²) in [5.74, 6) is 0.789. The van der Waals surface area contributed by atoms with Gasteiger partial charge in [-0.2, -0.15) is 0 Å². The molecule has 0 aliphatic heterocycles. The molecule has 2 rings (SSSR count). The molecular formula is C11H13Cl2N. The van der Waals surface area contributed by atoms with Gasteiger partial charge in [0.1, 0.15) is 0 Å². The molecule has 0 amide bonds. The molecule has 76 valence electrons. The topological polar surface area (TPSA) is 26.0 Å². The molecule has 1 atom stereocenters. The maximum Gasteiger partial charge on any atom is 0.0468 e. The second-order valence-corrected chi connectivity index (χ2v) is 4.74. The van der Waals surface area contributed by atoms with E-state index in [1.165, 1.54) is 12.8 Å². The molecule has 1 aliphatic carbocycles. The highest BCUT2D eigenvalue weighted by Gasteiger charge is 2.26. The summed E-state index contributed by atoms with van der Waals surface area (Å²) in [6.07, 6.45) is 3.61. The van der Waals surface area contributed by atoms with Gasteiger partial charge >= 0.3 is 0 Å². The monoisotopic (exact) mass is 229 g/mol. The lowest BCUT2D eigenvalue weighted by Gasteiger charge is -2.14. The molecule has 0 heterocycles. The number of hydrogen-bond acceptors (Lipinski definition) is 1. The Kier molecular flexibility index (Phi) is 3.01. The predicted molar refractivity (Wildman–Crippen MR) is 60.7 cm³/mol. The lowest BCUT2D eigenvalue weighted by molar-refractivity contribution is 0.597. The fraction of sp³-hybridized carbons (Fsp3) is 0.455. The summed E-state index contributed by atoms with van der Waals surface area (Å²) < 4.78 is 0. The molecule has 0 aromatic heterocycles. The molecule has 0 saturated heterocycles. The minimum Gasteiger partial charge on any atom is -0.324 e. The summed E-state index contributed by atoms with van der Waals surface area (Å²) >= 11 is 12.1. The highest BCUT2D eigenvalue weighted by Crippen LogP contribution is 2.39. The van der Waals surface area contributed by atoms with E-state index in [1.807, 2.05) is 18.2 Å². The van der Waals surface area contributed by atoms with Gasteiger partial charge in [-0.1, -0.05) is 42.1 Å². The first-order valence-electron chi connectivity index (χ1n) is 4.88. The zero-order chi connectivity index (χ0) is 10.1. The average molecular weight is 230 g/mol. The minimum atomic E-state index is -0.0105. The van der Waals surface area contributed by atoms with E-state index in [0.717, 1.165) is 17.9 Å². The number of rotatable bonds is 3. The molecule has 1 nitrogen and oxygen atoms in total. The van der Waals surface area contributed by atoms with Crippen molar-refractivity contribution in [2.24, 2.45) is 11.7 Å². The van der Waals surface area contributed by atoms with Gasteiger partial charge in [-0.3, -0.25) is 0 Å². The van der Waals surface area contributed by atoms with Crippen molar-refractivity contribution in [3.63, 3.8) is 0 Å². The fourth-order valence-corrected chi connectivity index (χ4v) is 2.37. The van der Waals surface area contributed by atoms with E-state index in [0.29, 0.717) is 10.0 Å². The summed E-state index contributed by atoms with van der Waals surface area (Å²) in [7, 11) is 0. The molecule has 1 saturated carbocycles. The lowest BCUT2D eigenvalue weighted by atomic mass is 10.0. The van der Waals surface area contributed by atoms with Crippen molar-refractivity contribution >= 4 is 23.2 Å². The van der Waals surface area contributed by atoms with Gasteiger partial charge < -0.3 is 5.73 Å². The summed E-state index contributed by atoms with van der Waals surface area (Å²) in [6.45, 7) is 0. The van der Waals surface area contributed by atoms with Gasteiger partial charge in [0.25, 0.3) is 0 Å². The Morgan fingerprint density at radius 2 is 1.86 bits per heavy atom. The Bertz CT molecular complexity index is 314. The van der Waals surface area contributed by atoms with Crippen LogP contribution in [0.5, 0.6) is 0 Å². The largest absolute Gasteiger partial charge is 0.324 e. The molecule has 0 unspecified atom stereocenters. The van der Waals surface area contributed by atoms with E-state index in [2.05, 4.69) is 0 Å². The summed E-state index contributed by atoms with van der Waals surface area (Å²) in [5, 5.41) is 1.37. The van der Waals surface area contributed by atoms with E-state index in [1.54, 1.807) is 0 Å².